The summed E-state index contributed by atoms with van der Waals surface area (Å²) in [5, 5.41) is 20.2. The topological polar surface area (TPSA) is 40.5 Å². The van der Waals surface area contributed by atoms with Crippen LogP contribution in [0.3, 0.4) is 0 Å². The summed E-state index contributed by atoms with van der Waals surface area (Å²) in [5.74, 6) is 3.38. The molecule has 2 nitrogen and oxygen atoms in total. The van der Waals surface area contributed by atoms with Gasteiger partial charge in [0.15, 0.2) is 0 Å². The van der Waals surface area contributed by atoms with E-state index in [1.165, 1.54) is 32.1 Å². The highest BCUT2D eigenvalue weighted by molar-refractivity contribution is 5.38. The maximum Gasteiger partial charge on any atom is 0.0811 e. The lowest BCUT2D eigenvalue weighted by atomic mass is 9.61. The van der Waals surface area contributed by atoms with Crippen molar-refractivity contribution in [2.75, 3.05) is 0 Å². The van der Waals surface area contributed by atoms with Gasteiger partial charge in [0.2, 0.25) is 0 Å². The summed E-state index contributed by atoms with van der Waals surface area (Å²) in [6.07, 6.45) is 15.8. The minimum absolute atomic E-state index is 0.385. The van der Waals surface area contributed by atoms with Gasteiger partial charge in [-0.15, -0.1) is 0 Å². The van der Waals surface area contributed by atoms with Crippen molar-refractivity contribution in [1.29, 1.82) is 0 Å². The Balaban J connectivity index is 1.76. The number of aliphatic hydroxyl groups is 2. The predicted octanol–water partition coefficient (Wildman–Crippen LogP) is 6.61. The second-order valence-electron chi connectivity index (χ2n) is 11.0. The van der Waals surface area contributed by atoms with Crippen LogP contribution in [0.4, 0.5) is 0 Å². The van der Waals surface area contributed by atoms with E-state index in [1.807, 2.05) is 0 Å². The maximum atomic E-state index is 10.1. The van der Waals surface area contributed by atoms with Crippen LogP contribution >= 0.6 is 0 Å². The molecule has 30 heavy (non-hydrogen) atoms. The van der Waals surface area contributed by atoms with E-state index in [4.69, 9.17) is 0 Å². The third-order valence-corrected chi connectivity index (χ3v) is 8.71. The molecule has 0 aromatic rings. The fourth-order valence-electron chi connectivity index (χ4n) is 6.32. The summed E-state index contributed by atoms with van der Waals surface area (Å²) in [5.41, 5.74) is 3.77. The lowest BCUT2D eigenvalue weighted by molar-refractivity contribution is 0.0862. The highest BCUT2D eigenvalue weighted by Crippen LogP contribution is 2.59. The second kappa shape index (κ2) is 9.57. The molecule has 0 bridgehead atoms. The van der Waals surface area contributed by atoms with Gasteiger partial charge in [0.05, 0.1) is 12.2 Å². The molecular weight excluding hydrogens is 368 g/mol. The highest BCUT2D eigenvalue weighted by Gasteiger charge is 2.50. The van der Waals surface area contributed by atoms with Crippen LogP contribution < -0.4 is 0 Å². The first-order chi connectivity index (χ1) is 14.1. The molecule has 3 saturated carbocycles. The molecule has 0 saturated heterocycles. The van der Waals surface area contributed by atoms with Crippen molar-refractivity contribution >= 4 is 0 Å². The van der Waals surface area contributed by atoms with E-state index >= 15 is 0 Å². The lowest BCUT2D eigenvalue weighted by Crippen LogP contribution is -2.35. The molecule has 2 heteroatoms. The van der Waals surface area contributed by atoms with E-state index in [-0.39, 0.29) is 0 Å². The Bertz CT molecular complexity index is 712. The molecule has 168 valence electrons. The molecule has 3 rings (SSSR count). The molecule has 0 aromatic carbocycles. The van der Waals surface area contributed by atoms with Crippen molar-refractivity contribution in [2.45, 2.75) is 91.8 Å². The monoisotopic (exact) mass is 412 g/mol. The zero-order valence-electron chi connectivity index (χ0n) is 19.9. The molecule has 3 fully saturated rings. The van der Waals surface area contributed by atoms with E-state index in [0.29, 0.717) is 41.9 Å². The van der Waals surface area contributed by atoms with Crippen LogP contribution in [0.25, 0.3) is 0 Å². The van der Waals surface area contributed by atoms with Crippen LogP contribution in [0.1, 0.15) is 79.6 Å². The number of aliphatic hydroxyl groups excluding tert-OH is 2. The zero-order chi connectivity index (χ0) is 22.1. The number of allylic oxidation sites excluding steroid dienone is 5. The molecule has 0 heterocycles. The first-order valence-electron chi connectivity index (χ1n) is 12.3. The Morgan fingerprint density at radius 3 is 2.50 bits per heavy atom. The van der Waals surface area contributed by atoms with Crippen molar-refractivity contribution < 1.29 is 10.2 Å². The smallest absolute Gasteiger partial charge is 0.0811 e. The van der Waals surface area contributed by atoms with Crippen molar-refractivity contribution in [3.63, 3.8) is 0 Å². The fourth-order valence-corrected chi connectivity index (χ4v) is 6.32. The highest BCUT2D eigenvalue weighted by atomic mass is 16.3. The van der Waals surface area contributed by atoms with Gasteiger partial charge in [-0.25, -0.2) is 0 Å². The predicted molar refractivity (Wildman–Crippen MR) is 127 cm³/mol. The van der Waals surface area contributed by atoms with Gasteiger partial charge in [-0.3, -0.25) is 0 Å². The minimum Gasteiger partial charge on any atom is -0.393 e. The zero-order valence-corrected chi connectivity index (χ0v) is 19.9. The van der Waals surface area contributed by atoms with E-state index in [0.717, 1.165) is 17.1 Å². The van der Waals surface area contributed by atoms with Crippen LogP contribution in [0.2, 0.25) is 0 Å². The minimum atomic E-state index is -0.605. The Kier molecular flexibility index (Phi) is 7.51. The van der Waals surface area contributed by atoms with Gasteiger partial charge in [0.25, 0.3) is 0 Å². The Labute approximate surface area is 184 Å². The van der Waals surface area contributed by atoms with Crippen molar-refractivity contribution in [3.8, 4) is 0 Å². The van der Waals surface area contributed by atoms with Crippen molar-refractivity contribution in [2.24, 2.45) is 35.0 Å². The maximum absolute atomic E-state index is 10.1. The SMILES string of the molecule is C=C1/C(=C/C=C2\CCC[C@@]3(C)[C@@H]2CC[C@H]3[C@@H](C)/C=C/[C@@H](C)C(C)C)C[C@@H](O)C[C@H]1O. The first-order valence-corrected chi connectivity index (χ1v) is 12.3. The normalized spacial score (nSPS) is 39.8. The quantitative estimate of drug-likeness (QED) is 0.499. The van der Waals surface area contributed by atoms with E-state index in [2.05, 4.69) is 65.5 Å². The van der Waals surface area contributed by atoms with Crippen LogP contribution in [0.15, 0.2) is 47.6 Å². The Hall–Kier alpha value is -1.12. The van der Waals surface area contributed by atoms with Gasteiger partial charge in [0.1, 0.15) is 0 Å². The van der Waals surface area contributed by atoms with Crippen molar-refractivity contribution in [3.05, 3.63) is 47.6 Å². The number of rotatable bonds is 5. The summed E-state index contributed by atoms with van der Waals surface area (Å²) in [6, 6.07) is 0. The summed E-state index contributed by atoms with van der Waals surface area (Å²) < 4.78 is 0. The molecule has 2 N–H and O–H groups in total. The Morgan fingerprint density at radius 1 is 1.07 bits per heavy atom. The molecule has 0 radical (unpaired) electrons. The number of hydrogen-bond acceptors (Lipinski definition) is 2. The average Bonchev–Trinajstić information content (AvgIpc) is 3.04. The van der Waals surface area contributed by atoms with E-state index < -0.39 is 12.2 Å². The molecule has 0 amide bonds. The summed E-state index contributed by atoms with van der Waals surface area (Å²) >= 11 is 0. The van der Waals surface area contributed by atoms with Crippen LogP contribution in [0.5, 0.6) is 0 Å². The molecule has 3 aliphatic rings. The molecule has 7 atom stereocenters. The summed E-state index contributed by atoms with van der Waals surface area (Å²) in [6.45, 7) is 16.0. The fraction of sp³-hybridized carbons (Fsp3) is 0.714. The molecule has 0 aromatic heterocycles. The third kappa shape index (κ3) is 4.86. The van der Waals surface area contributed by atoms with Gasteiger partial charge in [-0.05, 0) is 84.7 Å². The first kappa shape index (κ1) is 23.5. The van der Waals surface area contributed by atoms with Gasteiger partial charge in [-0.2, -0.15) is 0 Å². The second-order valence-corrected chi connectivity index (χ2v) is 11.0. The van der Waals surface area contributed by atoms with E-state index in [9.17, 15) is 10.2 Å². The standard InChI is InChI=1S/C28H44O2/c1-18(2)19(3)9-10-20(4)25-13-14-26-22(8-7-15-28(25,26)6)11-12-23-16-24(29)17-27(30)21(23)5/h9-12,18-20,24-27,29-30H,5,7-8,13-17H2,1-4,6H3/b10-9+,22-11+,23-12+/t19-,20+,24-,25+,26-,27-,28-/m1/s1. The van der Waals surface area contributed by atoms with Gasteiger partial charge >= 0.3 is 0 Å². The Morgan fingerprint density at radius 2 is 1.80 bits per heavy atom. The average molecular weight is 413 g/mol. The van der Waals surface area contributed by atoms with E-state index in [1.54, 1.807) is 5.57 Å². The van der Waals surface area contributed by atoms with Crippen molar-refractivity contribution in [1.82, 2.24) is 0 Å². The lowest BCUT2D eigenvalue weighted by Gasteiger charge is -2.44. The summed E-state index contributed by atoms with van der Waals surface area (Å²) in [7, 11) is 0. The molecule has 0 aliphatic heterocycles. The van der Waals surface area contributed by atoms with Gasteiger partial charge < -0.3 is 10.2 Å². The van der Waals surface area contributed by atoms with Gasteiger partial charge in [-0.1, -0.05) is 71.1 Å². The third-order valence-electron chi connectivity index (χ3n) is 8.71. The molecule has 0 unspecified atom stereocenters. The van der Waals surface area contributed by atoms with Crippen LogP contribution in [-0.2, 0) is 0 Å². The van der Waals surface area contributed by atoms with Crippen LogP contribution in [-0.4, -0.2) is 22.4 Å². The molecule has 3 aliphatic carbocycles. The molecule has 0 spiro atoms. The largest absolute Gasteiger partial charge is 0.393 e. The summed E-state index contributed by atoms with van der Waals surface area (Å²) in [4.78, 5) is 0. The van der Waals surface area contributed by atoms with Gasteiger partial charge in [0, 0.05) is 6.42 Å². The molecular formula is C28H44O2. The van der Waals surface area contributed by atoms with Crippen LogP contribution in [0, 0.1) is 35.0 Å². The number of hydrogen-bond donors (Lipinski definition) is 2. The number of fused-ring (bicyclic) bond motifs is 1.